The van der Waals surface area contributed by atoms with Gasteiger partial charge in [0.05, 0.1) is 0 Å². The number of likely N-dealkylation sites (N-methyl/N-ethyl adjacent to an activating group) is 1. The molecule has 0 saturated heterocycles. The maximum atomic E-state index is 6.17. The van der Waals surface area contributed by atoms with Gasteiger partial charge in [0, 0.05) is 24.8 Å². The predicted octanol–water partition coefficient (Wildman–Crippen LogP) is 3.34. The Morgan fingerprint density at radius 2 is 2.06 bits per heavy atom. The maximum Gasteiger partial charge on any atom is 0.0369 e. The average molecular weight is 234 g/mol. The van der Waals surface area contributed by atoms with Crippen molar-refractivity contribution in [2.75, 3.05) is 18.0 Å². The molecule has 1 atom stereocenters. The van der Waals surface area contributed by atoms with Crippen molar-refractivity contribution < 1.29 is 0 Å². The Morgan fingerprint density at radius 3 is 2.65 bits per heavy atom. The highest BCUT2D eigenvalue weighted by Gasteiger charge is 2.09. The second-order valence-electron chi connectivity index (χ2n) is 4.78. The number of aryl methyl sites for hydroxylation is 1. The van der Waals surface area contributed by atoms with E-state index in [1.54, 1.807) is 0 Å². The highest BCUT2D eigenvalue weighted by Crippen LogP contribution is 2.16. The fourth-order valence-electron chi connectivity index (χ4n) is 2.08. The van der Waals surface area contributed by atoms with Crippen molar-refractivity contribution in [3.8, 4) is 0 Å². The van der Waals surface area contributed by atoms with Gasteiger partial charge in [-0.25, -0.2) is 0 Å². The third-order valence-electron chi connectivity index (χ3n) is 3.13. The predicted molar refractivity (Wildman–Crippen MR) is 76.6 cm³/mol. The molecule has 0 saturated carbocycles. The van der Waals surface area contributed by atoms with Crippen molar-refractivity contribution >= 4 is 5.69 Å². The highest BCUT2D eigenvalue weighted by molar-refractivity contribution is 5.48. The summed E-state index contributed by atoms with van der Waals surface area (Å²) in [5, 5.41) is 0. The van der Waals surface area contributed by atoms with Crippen molar-refractivity contribution in [2.24, 2.45) is 5.73 Å². The van der Waals surface area contributed by atoms with Crippen molar-refractivity contribution in [3.63, 3.8) is 0 Å². The van der Waals surface area contributed by atoms with E-state index in [1.165, 1.54) is 24.1 Å². The molecule has 0 fully saturated rings. The summed E-state index contributed by atoms with van der Waals surface area (Å²) in [4.78, 5) is 2.37. The zero-order valence-electron chi connectivity index (χ0n) is 11.4. The first-order chi connectivity index (χ1) is 8.17. The number of anilines is 1. The summed E-state index contributed by atoms with van der Waals surface area (Å²) >= 11 is 0. The van der Waals surface area contributed by atoms with Crippen molar-refractivity contribution in [1.29, 1.82) is 0 Å². The number of benzene rings is 1. The van der Waals surface area contributed by atoms with Crippen LogP contribution in [-0.2, 0) is 0 Å². The van der Waals surface area contributed by atoms with Gasteiger partial charge < -0.3 is 10.6 Å². The fourth-order valence-corrected chi connectivity index (χ4v) is 2.08. The molecular weight excluding hydrogens is 208 g/mol. The van der Waals surface area contributed by atoms with Gasteiger partial charge in [0.2, 0.25) is 0 Å². The van der Waals surface area contributed by atoms with Crippen LogP contribution in [0.15, 0.2) is 24.3 Å². The Bertz CT molecular complexity index is 322. The Labute approximate surface area is 106 Å². The molecule has 0 aliphatic rings. The topological polar surface area (TPSA) is 29.3 Å². The Morgan fingerprint density at radius 1 is 1.29 bits per heavy atom. The van der Waals surface area contributed by atoms with Gasteiger partial charge in [0.25, 0.3) is 0 Å². The second kappa shape index (κ2) is 7.33. The summed E-state index contributed by atoms with van der Waals surface area (Å²) < 4.78 is 0. The molecule has 0 radical (unpaired) electrons. The lowest BCUT2D eigenvalue weighted by molar-refractivity contribution is 0.564. The molecule has 0 aliphatic carbocycles. The van der Waals surface area contributed by atoms with Crippen LogP contribution in [0.5, 0.6) is 0 Å². The molecule has 0 aliphatic heterocycles. The van der Waals surface area contributed by atoms with E-state index >= 15 is 0 Å². The van der Waals surface area contributed by atoms with Gasteiger partial charge >= 0.3 is 0 Å². The number of hydrogen-bond donors (Lipinski definition) is 1. The van der Waals surface area contributed by atoms with Crippen LogP contribution in [0.2, 0.25) is 0 Å². The summed E-state index contributed by atoms with van der Waals surface area (Å²) in [5.41, 5.74) is 8.77. The third kappa shape index (κ3) is 4.78. The van der Waals surface area contributed by atoms with E-state index in [4.69, 9.17) is 5.73 Å². The third-order valence-corrected chi connectivity index (χ3v) is 3.13. The van der Waals surface area contributed by atoms with Crippen LogP contribution < -0.4 is 10.6 Å². The number of nitrogens with two attached hydrogens (primary N) is 1. The molecule has 1 unspecified atom stereocenters. The summed E-state index contributed by atoms with van der Waals surface area (Å²) in [5.74, 6) is 0. The molecule has 2 N–H and O–H groups in total. The molecule has 96 valence electrons. The maximum absolute atomic E-state index is 6.17. The van der Waals surface area contributed by atoms with E-state index in [2.05, 4.69) is 49.9 Å². The monoisotopic (exact) mass is 234 g/mol. The SMILES string of the molecule is CCCCC(N)CN(CC)c1cccc(C)c1. The highest BCUT2D eigenvalue weighted by atomic mass is 15.1. The fraction of sp³-hybridized carbons (Fsp3) is 0.600. The normalized spacial score (nSPS) is 12.5. The smallest absolute Gasteiger partial charge is 0.0369 e. The van der Waals surface area contributed by atoms with Crippen LogP contribution in [-0.4, -0.2) is 19.1 Å². The van der Waals surface area contributed by atoms with Crippen LogP contribution in [0, 0.1) is 6.92 Å². The minimum absolute atomic E-state index is 0.287. The molecule has 1 aromatic rings. The summed E-state index contributed by atoms with van der Waals surface area (Å²) in [6.45, 7) is 8.51. The van der Waals surface area contributed by atoms with Crippen molar-refractivity contribution in [1.82, 2.24) is 0 Å². The molecule has 17 heavy (non-hydrogen) atoms. The van der Waals surface area contributed by atoms with Crippen LogP contribution in [0.1, 0.15) is 38.7 Å². The molecule has 0 spiro atoms. The van der Waals surface area contributed by atoms with Crippen molar-refractivity contribution in [3.05, 3.63) is 29.8 Å². The van der Waals surface area contributed by atoms with Gasteiger partial charge in [-0.1, -0.05) is 31.9 Å². The lowest BCUT2D eigenvalue weighted by Crippen LogP contribution is -2.37. The van der Waals surface area contributed by atoms with Crippen molar-refractivity contribution in [2.45, 2.75) is 46.1 Å². The molecule has 0 heterocycles. The van der Waals surface area contributed by atoms with Crippen LogP contribution in [0.3, 0.4) is 0 Å². The molecule has 2 heteroatoms. The van der Waals surface area contributed by atoms with E-state index in [0.29, 0.717) is 0 Å². The van der Waals surface area contributed by atoms with Gasteiger partial charge in [0.1, 0.15) is 0 Å². The summed E-state index contributed by atoms with van der Waals surface area (Å²) in [7, 11) is 0. The molecule has 0 bridgehead atoms. The minimum atomic E-state index is 0.287. The van der Waals surface area contributed by atoms with E-state index in [9.17, 15) is 0 Å². The second-order valence-corrected chi connectivity index (χ2v) is 4.78. The molecular formula is C15H26N2. The Kier molecular flexibility index (Phi) is 6.06. The molecule has 1 rings (SSSR count). The van der Waals surface area contributed by atoms with Crippen LogP contribution in [0.25, 0.3) is 0 Å². The molecule has 2 nitrogen and oxygen atoms in total. The number of hydrogen-bond acceptors (Lipinski definition) is 2. The number of unbranched alkanes of at least 4 members (excludes halogenated alkanes) is 1. The molecule has 0 amide bonds. The van der Waals surface area contributed by atoms with E-state index in [1.807, 2.05) is 0 Å². The Hall–Kier alpha value is -1.02. The minimum Gasteiger partial charge on any atom is -0.370 e. The van der Waals surface area contributed by atoms with Crippen LogP contribution in [0.4, 0.5) is 5.69 Å². The quantitative estimate of drug-likeness (QED) is 0.784. The first-order valence-corrected chi connectivity index (χ1v) is 6.74. The van der Waals surface area contributed by atoms with E-state index < -0.39 is 0 Å². The molecule has 1 aromatic carbocycles. The lowest BCUT2D eigenvalue weighted by Gasteiger charge is -2.26. The first-order valence-electron chi connectivity index (χ1n) is 6.74. The Balaban J connectivity index is 2.59. The van der Waals surface area contributed by atoms with Gasteiger partial charge in [-0.05, 0) is 38.0 Å². The lowest BCUT2D eigenvalue weighted by atomic mass is 10.1. The largest absolute Gasteiger partial charge is 0.370 e. The molecule has 0 aromatic heterocycles. The number of nitrogens with zero attached hydrogens (tertiary/aromatic N) is 1. The zero-order valence-corrected chi connectivity index (χ0v) is 11.4. The zero-order chi connectivity index (χ0) is 12.7. The van der Waals surface area contributed by atoms with Crippen LogP contribution >= 0.6 is 0 Å². The van der Waals surface area contributed by atoms with Gasteiger partial charge in [-0.15, -0.1) is 0 Å². The summed E-state index contributed by atoms with van der Waals surface area (Å²) in [6.07, 6.45) is 3.58. The standard InChI is InChI=1S/C15H26N2/c1-4-6-9-14(16)12-17(5-2)15-10-7-8-13(3)11-15/h7-8,10-11,14H,4-6,9,12,16H2,1-3H3. The summed E-state index contributed by atoms with van der Waals surface area (Å²) in [6, 6.07) is 8.94. The van der Waals surface area contributed by atoms with Gasteiger partial charge in [0.15, 0.2) is 0 Å². The average Bonchev–Trinajstić information content (AvgIpc) is 2.33. The first kappa shape index (κ1) is 14.0. The number of rotatable bonds is 7. The van der Waals surface area contributed by atoms with Gasteiger partial charge in [-0.2, -0.15) is 0 Å². The van der Waals surface area contributed by atoms with E-state index in [0.717, 1.165) is 19.5 Å². The van der Waals surface area contributed by atoms with Gasteiger partial charge in [-0.3, -0.25) is 0 Å². The van der Waals surface area contributed by atoms with E-state index in [-0.39, 0.29) is 6.04 Å².